The molecule has 9 aromatic carbocycles. The second kappa shape index (κ2) is 16.7. The van der Waals surface area contributed by atoms with Crippen LogP contribution in [0.2, 0.25) is 0 Å². The van der Waals surface area contributed by atoms with Crippen LogP contribution in [0.3, 0.4) is 0 Å². The van der Waals surface area contributed by atoms with E-state index in [1.807, 2.05) is 6.07 Å². The molecule has 0 aliphatic carbocycles. The maximum absolute atomic E-state index is 5.46. The van der Waals surface area contributed by atoms with Gasteiger partial charge in [0.25, 0.3) is 0 Å². The molecule has 0 atom stereocenters. The molecular formula is C62H40N4. The van der Waals surface area contributed by atoms with Crippen LogP contribution in [0.15, 0.2) is 243 Å². The number of nitrogens with zero attached hydrogens (tertiary/aromatic N) is 4. The summed E-state index contributed by atoms with van der Waals surface area (Å²) in [7, 11) is 0. The fourth-order valence-corrected chi connectivity index (χ4v) is 9.17. The van der Waals surface area contributed by atoms with Crippen molar-refractivity contribution < 1.29 is 0 Å². The first-order valence-corrected chi connectivity index (χ1v) is 22.3. The summed E-state index contributed by atoms with van der Waals surface area (Å²) in [4.78, 5) is 21.2. The molecule has 308 valence electrons. The first-order chi connectivity index (χ1) is 32.7. The third kappa shape index (κ3) is 7.27. The lowest BCUT2D eigenvalue weighted by atomic mass is 9.93. The Labute approximate surface area is 383 Å². The van der Waals surface area contributed by atoms with E-state index in [1.165, 1.54) is 0 Å². The first kappa shape index (κ1) is 38.8. The Morgan fingerprint density at radius 1 is 0.227 bits per heavy atom. The molecule has 0 amide bonds. The lowest BCUT2D eigenvalue weighted by molar-refractivity contribution is 1.23. The second-order valence-electron chi connectivity index (χ2n) is 16.6. The van der Waals surface area contributed by atoms with E-state index in [0.29, 0.717) is 5.82 Å². The molecule has 4 heteroatoms. The van der Waals surface area contributed by atoms with Gasteiger partial charge in [-0.05, 0) is 75.3 Å². The molecule has 12 rings (SSSR count). The normalized spacial score (nSPS) is 11.3. The van der Waals surface area contributed by atoms with Crippen molar-refractivity contribution in [3.05, 3.63) is 243 Å². The summed E-state index contributed by atoms with van der Waals surface area (Å²) >= 11 is 0. The summed E-state index contributed by atoms with van der Waals surface area (Å²) in [6.45, 7) is 0. The minimum atomic E-state index is 0.651. The topological polar surface area (TPSA) is 51.6 Å². The minimum absolute atomic E-state index is 0.651. The van der Waals surface area contributed by atoms with E-state index in [2.05, 4.69) is 237 Å². The van der Waals surface area contributed by atoms with Gasteiger partial charge in [-0.2, -0.15) is 0 Å². The quantitative estimate of drug-likeness (QED) is 0.153. The number of hydrogen-bond acceptors (Lipinski definition) is 4. The molecule has 0 radical (unpaired) electrons. The highest BCUT2D eigenvalue weighted by molar-refractivity contribution is 6.05. The van der Waals surface area contributed by atoms with Crippen molar-refractivity contribution in [3.63, 3.8) is 0 Å². The SMILES string of the molecule is c1ccc(-c2cc(-c3ccccc3)c3nc(-c4ccc(-c5cc(-c6ccccc6)c6ccccc6n5)cc4)nc(-c4ccc(-c5cc(-c6ccccc6)c6ccccc6n5)cc4)c3c2)cc1. The fraction of sp³-hybridized carbons (Fsp3) is 0. The van der Waals surface area contributed by atoms with Gasteiger partial charge in [-0.1, -0.05) is 206 Å². The van der Waals surface area contributed by atoms with Crippen LogP contribution in [0.1, 0.15) is 0 Å². The van der Waals surface area contributed by atoms with E-state index in [4.69, 9.17) is 19.9 Å². The maximum atomic E-state index is 5.46. The molecule has 4 nitrogen and oxygen atoms in total. The van der Waals surface area contributed by atoms with Crippen molar-refractivity contribution in [2.75, 3.05) is 0 Å². The number of hydrogen-bond donors (Lipinski definition) is 0. The minimum Gasteiger partial charge on any atom is -0.248 e. The highest BCUT2D eigenvalue weighted by atomic mass is 14.9. The first-order valence-electron chi connectivity index (χ1n) is 22.3. The van der Waals surface area contributed by atoms with Crippen LogP contribution in [0.5, 0.6) is 0 Å². The van der Waals surface area contributed by atoms with Crippen LogP contribution in [-0.2, 0) is 0 Å². The largest absolute Gasteiger partial charge is 0.248 e. The van der Waals surface area contributed by atoms with Gasteiger partial charge in [-0.25, -0.2) is 19.9 Å². The van der Waals surface area contributed by atoms with E-state index < -0.39 is 0 Å². The summed E-state index contributed by atoms with van der Waals surface area (Å²) in [6, 6.07) is 85.1. The Kier molecular flexibility index (Phi) is 9.81. The molecule has 66 heavy (non-hydrogen) atoms. The van der Waals surface area contributed by atoms with Gasteiger partial charge in [0.1, 0.15) is 0 Å². The molecule has 0 spiro atoms. The van der Waals surface area contributed by atoms with Gasteiger partial charge >= 0.3 is 0 Å². The van der Waals surface area contributed by atoms with Gasteiger partial charge in [0.2, 0.25) is 0 Å². The fourth-order valence-electron chi connectivity index (χ4n) is 9.17. The van der Waals surface area contributed by atoms with Gasteiger partial charge in [-0.15, -0.1) is 0 Å². The van der Waals surface area contributed by atoms with Gasteiger partial charge in [0, 0.05) is 44.0 Å². The Bertz CT molecular complexity index is 3700. The predicted octanol–water partition coefficient (Wildman–Crippen LogP) is 16.1. The number of fused-ring (bicyclic) bond motifs is 3. The number of pyridine rings is 2. The Hall–Kier alpha value is -8.86. The highest BCUT2D eigenvalue weighted by Crippen LogP contribution is 2.40. The number of rotatable bonds is 8. The van der Waals surface area contributed by atoms with Gasteiger partial charge in [0.05, 0.1) is 33.6 Å². The van der Waals surface area contributed by atoms with Crippen molar-refractivity contribution in [1.82, 2.24) is 19.9 Å². The van der Waals surface area contributed by atoms with E-state index in [1.54, 1.807) is 0 Å². The zero-order valence-electron chi connectivity index (χ0n) is 35.9. The van der Waals surface area contributed by atoms with Crippen molar-refractivity contribution in [1.29, 1.82) is 0 Å². The van der Waals surface area contributed by atoms with Crippen LogP contribution in [0.4, 0.5) is 0 Å². The number of aromatic nitrogens is 4. The smallest absolute Gasteiger partial charge is 0.160 e. The molecule has 0 aliphatic heterocycles. The molecule has 12 aromatic rings. The Morgan fingerprint density at radius 2 is 0.636 bits per heavy atom. The van der Waals surface area contributed by atoms with E-state index in [0.717, 1.165) is 117 Å². The highest BCUT2D eigenvalue weighted by Gasteiger charge is 2.19. The van der Waals surface area contributed by atoms with Crippen LogP contribution in [-0.4, -0.2) is 19.9 Å². The van der Waals surface area contributed by atoms with Crippen molar-refractivity contribution in [2.45, 2.75) is 0 Å². The molecule has 3 aromatic heterocycles. The summed E-state index contributed by atoms with van der Waals surface area (Å²) in [5.41, 5.74) is 18.5. The molecule has 0 bridgehead atoms. The number of benzene rings is 9. The molecule has 0 N–H and O–H groups in total. The van der Waals surface area contributed by atoms with Crippen LogP contribution in [0, 0.1) is 0 Å². The van der Waals surface area contributed by atoms with Crippen molar-refractivity contribution >= 4 is 32.7 Å². The summed E-state index contributed by atoms with van der Waals surface area (Å²) < 4.78 is 0. The zero-order chi connectivity index (χ0) is 43.8. The van der Waals surface area contributed by atoms with Crippen LogP contribution >= 0.6 is 0 Å². The zero-order valence-corrected chi connectivity index (χ0v) is 35.9. The average molecular weight is 841 g/mol. The van der Waals surface area contributed by atoms with Gasteiger partial charge < -0.3 is 0 Å². The molecular weight excluding hydrogens is 801 g/mol. The van der Waals surface area contributed by atoms with Crippen molar-refractivity contribution in [2.24, 2.45) is 0 Å². The molecule has 0 fully saturated rings. The summed E-state index contributed by atoms with van der Waals surface area (Å²) in [6.07, 6.45) is 0. The van der Waals surface area contributed by atoms with E-state index >= 15 is 0 Å². The predicted molar refractivity (Wildman–Crippen MR) is 274 cm³/mol. The van der Waals surface area contributed by atoms with Gasteiger partial charge in [0.15, 0.2) is 5.82 Å². The molecule has 0 saturated carbocycles. The monoisotopic (exact) mass is 840 g/mol. The van der Waals surface area contributed by atoms with E-state index in [-0.39, 0.29) is 0 Å². The van der Waals surface area contributed by atoms with Crippen LogP contribution in [0.25, 0.3) is 122 Å². The Balaban J connectivity index is 1.02. The standard InChI is InChI=1S/C62H40N4/c1-5-17-41(18-6-1)49-37-54(44-23-11-4-12-24-44)61-55(38-49)60(47-33-29-45(30-34-47)58-39-52(42-19-7-2-8-20-42)50-25-13-15-27-56(50)63-58)65-62(66-61)48-35-31-46(32-36-48)59-40-53(43-21-9-3-10-22-43)51-26-14-16-28-57(51)64-59/h1-40H. The van der Waals surface area contributed by atoms with E-state index in [9.17, 15) is 0 Å². The van der Waals surface area contributed by atoms with Crippen molar-refractivity contribution in [3.8, 4) is 89.7 Å². The molecule has 0 unspecified atom stereocenters. The maximum Gasteiger partial charge on any atom is 0.160 e. The van der Waals surface area contributed by atoms with Gasteiger partial charge in [-0.3, -0.25) is 0 Å². The Morgan fingerprint density at radius 3 is 1.14 bits per heavy atom. The number of para-hydroxylation sites is 2. The summed E-state index contributed by atoms with van der Waals surface area (Å²) in [5.74, 6) is 0.651. The summed E-state index contributed by atoms with van der Waals surface area (Å²) in [5, 5.41) is 3.24. The lowest BCUT2D eigenvalue weighted by Gasteiger charge is -2.16. The average Bonchev–Trinajstić information content (AvgIpc) is 3.40. The second-order valence-corrected chi connectivity index (χ2v) is 16.6. The molecule has 0 saturated heterocycles. The molecule has 0 aliphatic rings. The third-order valence-corrected chi connectivity index (χ3v) is 12.5. The lowest BCUT2D eigenvalue weighted by Crippen LogP contribution is -1.98. The molecule has 3 heterocycles. The van der Waals surface area contributed by atoms with Crippen LogP contribution < -0.4 is 0 Å². The third-order valence-electron chi connectivity index (χ3n) is 12.5.